The molecule has 1 aliphatic rings. The van der Waals surface area contributed by atoms with E-state index in [-0.39, 0.29) is 18.6 Å². The summed E-state index contributed by atoms with van der Waals surface area (Å²) in [4.78, 5) is 24.1. The van der Waals surface area contributed by atoms with Crippen LogP contribution in [0.1, 0.15) is 13.3 Å². The molecule has 0 spiro atoms. The topological polar surface area (TPSA) is 92.9 Å². The predicted molar refractivity (Wildman–Crippen MR) is 61.3 cm³/mol. The Hall–Kier alpha value is -1.40. The van der Waals surface area contributed by atoms with Crippen molar-refractivity contribution in [3.8, 4) is 0 Å². The molecule has 1 heterocycles. The number of hydrogen-bond acceptors (Lipinski definition) is 4. The zero-order valence-corrected chi connectivity index (χ0v) is 9.83. The molecule has 1 unspecified atom stereocenters. The molecule has 1 fully saturated rings. The minimum absolute atomic E-state index is 0.267. The summed E-state index contributed by atoms with van der Waals surface area (Å²) in [5, 5.41) is 9.05. The summed E-state index contributed by atoms with van der Waals surface area (Å²) in [6.45, 7) is 5.67. The number of nitrogens with zero attached hydrogens (tertiary/aromatic N) is 1. The molecule has 0 aromatic heterocycles. The van der Waals surface area contributed by atoms with Crippen molar-refractivity contribution >= 4 is 11.9 Å². The summed E-state index contributed by atoms with van der Waals surface area (Å²) >= 11 is 0. The van der Waals surface area contributed by atoms with Crippen LogP contribution in [-0.4, -0.2) is 53.2 Å². The Morgan fingerprint density at radius 1 is 1.71 bits per heavy atom. The number of likely N-dealkylation sites (tertiary alicyclic amines) is 1. The largest absolute Gasteiger partial charge is 0.480 e. The van der Waals surface area contributed by atoms with Gasteiger partial charge in [0, 0.05) is 13.0 Å². The molecule has 0 bridgehead atoms. The fraction of sp³-hybridized carbons (Fsp3) is 0.636. The van der Waals surface area contributed by atoms with Gasteiger partial charge in [0.25, 0.3) is 0 Å². The molecule has 6 heteroatoms. The highest BCUT2D eigenvalue weighted by atomic mass is 16.5. The number of carboxylic acid groups (broad SMARTS) is 1. The van der Waals surface area contributed by atoms with E-state index in [0.29, 0.717) is 13.0 Å². The molecule has 17 heavy (non-hydrogen) atoms. The number of carbonyl (C=O) groups is 2. The molecule has 1 rings (SSSR count). The molecule has 0 saturated carbocycles. The van der Waals surface area contributed by atoms with E-state index in [9.17, 15) is 9.59 Å². The summed E-state index contributed by atoms with van der Waals surface area (Å²) in [7, 11) is 0. The van der Waals surface area contributed by atoms with Gasteiger partial charge in [-0.05, 0) is 6.92 Å². The lowest BCUT2D eigenvalue weighted by Crippen LogP contribution is -2.47. The van der Waals surface area contributed by atoms with E-state index in [1.165, 1.54) is 4.90 Å². The molecule has 96 valence electrons. The smallest absolute Gasteiger partial charge is 0.326 e. The summed E-state index contributed by atoms with van der Waals surface area (Å²) in [6.07, 6.45) is 1.62. The molecular formula is C11H18N2O4. The highest BCUT2D eigenvalue weighted by molar-refractivity contribution is 5.87. The van der Waals surface area contributed by atoms with Gasteiger partial charge in [-0.2, -0.15) is 0 Å². The van der Waals surface area contributed by atoms with Gasteiger partial charge in [-0.3, -0.25) is 4.79 Å². The standard InChI is InChI=1S/C11H18N2O4/c1-3-4-17-8-5-9(11(15)16)13(6-8)10(14)7(2)12/h3,7-9H,1,4-6,12H2,2H3,(H,15,16)/t7-,8?,9-/m0/s1. The number of ether oxygens (including phenoxy) is 1. The Kier molecular flexibility index (Phi) is 4.65. The van der Waals surface area contributed by atoms with Crippen LogP contribution >= 0.6 is 0 Å². The van der Waals surface area contributed by atoms with Gasteiger partial charge in [0.05, 0.1) is 18.8 Å². The van der Waals surface area contributed by atoms with Crippen molar-refractivity contribution in [3.05, 3.63) is 12.7 Å². The molecule has 0 aromatic carbocycles. The third kappa shape index (κ3) is 3.28. The quantitative estimate of drug-likeness (QED) is 0.639. The van der Waals surface area contributed by atoms with Crippen LogP contribution in [-0.2, 0) is 14.3 Å². The van der Waals surface area contributed by atoms with Crippen LogP contribution in [0.3, 0.4) is 0 Å². The van der Waals surface area contributed by atoms with Gasteiger partial charge in [-0.1, -0.05) is 6.08 Å². The zero-order valence-electron chi connectivity index (χ0n) is 9.83. The second kappa shape index (κ2) is 5.79. The SMILES string of the molecule is C=CCOC1C[C@@H](C(=O)O)N(C(=O)[C@H](C)N)C1. The Labute approximate surface area is 100 Å². The highest BCUT2D eigenvalue weighted by Crippen LogP contribution is 2.21. The molecule has 3 atom stereocenters. The van der Waals surface area contributed by atoms with E-state index in [4.69, 9.17) is 15.6 Å². The first-order valence-electron chi connectivity index (χ1n) is 5.48. The number of amides is 1. The number of hydrogen-bond donors (Lipinski definition) is 2. The minimum Gasteiger partial charge on any atom is -0.480 e. The highest BCUT2D eigenvalue weighted by Gasteiger charge is 2.40. The van der Waals surface area contributed by atoms with Crippen LogP contribution in [0.2, 0.25) is 0 Å². The lowest BCUT2D eigenvalue weighted by atomic mass is 10.2. The zero-order chi connectivity index (χ0) is 13.0. The number of rotatable bonds is 5. The fourth-order valence-electron chi connectivity index (χ4n) is 1.86. The molecule has 0 aliphatic carbocycles. The van der Waals surface area contributed by atoms with E-state index < -0.39 is 18.1 Å². The predicted octanol–water partition coefficient (Wildman–Crippen LogP) is -0.410. The van der Waals surface area contributed by atoms with Crippen molar-refractivity contribution in [1.82, 2.24) is 4.90 Å². The van der Waals surface area contributed by atoms with Crippen molar-refractivity contribution in [2.24, 2.45) is 5.73 Å². The van der Waals surface area contributed by atoms with E-state index in [1.807, 2.05) is 0 Å². The van der Waals surface area contributed by atoms with Crippen LogP contribution < -0.4 is 5.73 Å². The lowest BCUT2D eigenvalue weighted by molar-refractivity contribution is -0.148. The first-order chi connectivity index (χ1) is 7.97. The summed E-state index contributed by atoms with van der Waals surface area (Å²) in [5.74, 6) is -1.38. The van der Waals surface area contributed by atoms with E-state index >= 15 is 0 Å². The van der Waals surface area contributed by atoms with Gasteiger partial charge in [-0.15, -0.1) is 6.58 Å². The van der Waals surface area contributed by atoms with E-state index in [1.54, 1.807) is 13.0 Å². The van der Waals surface area contributed by atoms with Gasteiger partial charge in [0.2, 0.25) is 5.91 Å². The maximum Gasteiger partial charge on any atom is 0.326 e. The van der Waals surface area contributed by atoms with E-state index in [0.717, 1.165) is 0 Å². The molecule has 6 nitrogen and oxygen atoms in total. The fourth-order valence-corrected chi connectivity index (χ4v) is 1.86. The average Bonchev–Trinajstić information content (AvgIpc) is 2.69. The van der Waals surface area contributed by atoms with Crippen LogP contribution in [0.5, 0.6) is 0 Å². The first-order valence-corrected chi connectivity index (χ1v) is 5.48. The Bertz CT molecular complexity index is 317. The Morgan fingerprint density at radius 2 is 2.35 bits per heavy atom. The van der Waals surface area contributed by atoms with Crippen molar-refractivity contribution in [1.29, 1.82) is 0 Å². The Balaban J connectivity index is 2.70. The molecule has 1 saturated heterocycles. The third-order valence-corrected chi connectivity index (χ3v) is 2.67. The monoisotopic (exact) mass is 242 g/mol. The van der Waals surface area contributed by atoms with Crippen LogP contribution in [0.4, 0.5) is 0 Å². The van der Waals surface area contributed by atoms with Gasteiger partial charge < -0.3 is 20.5 Å². The minimum atomic E-state index is -1.02. The van der Waals surface area contributed by atoms with Gasteiger partial charge in [0.1, 0.15) is 6.04 Å². The molecule has 3 N–H and O–H groups in total. The lowest BCUT2D eigenvalue weighted by Gasteiger charge is -2.22. The second-order valence-corrected chi connectivity index (χ2v) is 4.11. The van der Waals surface area contributed by atoms with Gasteiger partial charge in [-0.25, -0.2) is 4.79 Å². The van der Waals surface area contributed by atoms with Crippen molar-refractivity contribution in [2.45, 2.75) is 31.5 Å². The third-order valence-electron chi connectivity index (χ3n) is 2.67. The van der Waals surface area contributed by atoms with Crippen LogP contribution in [0, 0.1) is 0 Å². The normalized spacial score (nSPS) is 25.6. The maximum atomic E-state index is 11.7. The number of aliphatic carboxylic acids is 1. The molecule has 1 amide bonds. The van der Waals surface area contributed by atoms with Gasteiger partial charge in [0.15, 0.2) is 0 Å². The van der Waals surface area contributed by atoms with Crippen LogP contribution in [0.25, 0.3) is 0 Å². The average molecular weight is 242 g/mol. The summed E-state index contributed by atoms with van der Waals surface area (Å²) in [6, 6.07) is -1.54. The van der Waals surface area contributed by atoms with Crippen molar-refractivity contribution < 1.29 is 19.4 Å². The molecule has 0 aromatic rings. The molecular weight excluding hydrogens is 224 g/mol. The van der Waals surface area contributed by atoms with Gasteiger partial charge >= 0.3 is 5.97 Å². The first kappa shape index (κ1) is 13.7. The molecule has 1 aliphatic heterocycles. The van der Waals surface area contributed by atoms with Crippen LogP contribution in [0.15, 0.2) is 12.7 Å². The number of carbonyl (C=O) groups excluding carboxylic acids is 1. The maximum absolute atomic E-state index is 11.7. The van der Waals surface area contributed by atoms with Crippen molar-refractivity contribution in [3.63, 3.8) is 0 Å². The van der Waals surface area contributed by atoms with Crippen molar-refractivity contribution in [2.75, 3.05) is 13.2 Å². The number of carboxylic acids is 1. The summed E-state index contributed by atoms with van der Waals surface area (Å²) in [5.41, 5.74) is 5.48. The summed E-state index contributed by atoms with van der Waals surface area (Å²) < 4.78 is 5.38. The molecule has 0 radical (unpaired) electrons. The van der Waals surface area contributed by atoms with E-state index in [2.05, 4.69) is 6.58 Å². The Morgan fingerprint density at radius 3 is 2.82 bits per heavy atom. The number of nitrogens with two attached hydrogens (primary N) is 1. The second-order valence-electron chi connectivity index (χ2n) is 4.11.